The van der Waals surface area contributed by atoms with Gasteiger partial charge in [-0.2, -0.15) is 0 Å². The van der Waals surface area contributed by atoms with Crippen molar-refractivity contribution in [3.8, 4) is 0 Å². The van der Waals surface area contributed by atoms with Gasteiger partial charge in [0.15, 0.2) is 12.6 Å². The second kappa shape index (κ2) is 9.78. The summed E-state index contributed by atoms with van der Waals surface area (Å²) in [6.45, 7) is 2.37. The van der Waals surface area contributed by atoms with Crippen LogP contribution < -0.4 is 10.6 Å². The van der Waals surface area contributed by atoms with Crippen LogP contribution in [0.4, 0.5) is 0 Å². The highest BCUT2D eigenvalue weighted by molar-refractivity contribution is 4.90. The third-order valence-corrected chi connectivity index (χ3v) is 6.02. The predicted molar refractivity (Wildman–Crippen MR) is 97.8 cm³/mol. The van der Waals surface area contributed by atoms with E-state index >= 15 is 0 Å². The molecular formula is C19H36N2O5. The van der Waals surface area contributed by atoms with Crippen LogP contribution in [0.1, 0.15) is 51.9 Å². The lowest BCUT2D eigenvalue weighted by Gasteiger charge is -2.43. The molecule has 0 radical (unpaired) electrons. The van der Waals surface area contributed by atoms with Gasteiger partial charge in [0.2, 0.25) is 0 Å². The molecule has 0 bridgehead atoms. The zero-order chi connectivity index (χ0) is 18.5. The normalized spacial score (nSPS) is 42.7. The molecule has 2 aliphatic heterocycles. The molecule has 3 aliphatic rings. The number of nitrogens with one attached hydrogen (secondary N) is 2. The van der Waals surface area contributed by atoms with Gasteiger partial charge < -0.3 is 34.7 Å². The molecular weight excluding hydrogens is 336 g/mol. The summed E-state index contributed by atoms with van der Waals surface area (Å²) in [6, 6.07) is 0.0439. The molecule has 152 valence electrons. The number of ether oxygens (including phenoxy) is 4. The molecule has 3 fully saturated rings. The van der Waals surface area contributed by atoms with E-state index in [0.717, 1.165) is 25.7 Å². The van der Waals surface area contributed by atoms with Crippen molar-refractivity contribution in [3.63, 3.8) is 0 Å². The second-order valence-corrected chi connectivity index (χ2v) is 7.82. The van der Waals surface area contributed by atoms with Crippen molar-refractivity contribution in [3.05, 3.63) is 0 Å². The van der Waals surface area contributed by atoms with Crippen LogP contribution in [-0.2, 0) is 18.9 Å². The lowest BCUT2D eigenvalue weighted by molar-refractivity contribution is -0.293. The van der Waals surface area contributed by atoms with Crippen LogP contribution in [-0.4, -0.2) is 74.9 Å². The lowest BCUT2D eigenvalue weighted by Crippen LogP contribution is -2.61. The van der Waals surface area contributed by atoms with Crippen molar-refractivity contribution in [2.75, 3.05) is 20.7 Å². The molecule has 7 nitrogen and oxygen atoms in total. The van der Waals surface area contributed by atoms with Gasteiger partial charge in [0.1, 0.15) is 12.2 Å². The molecule has 0 aromatic rings. The fourth-order valence-corrected chi connectivity index (χ4v) is 4.35. The standard InChI is InChI=1S/C19H36N2O5/c1-12-14(20-2)9-10-16(24-12)26-15-11-23-19(17(21-3)18(15)22)25-13-7-5-4-6-8-13/h12-22H,4-11H2,1-3H3/t12-,14+,15-,16+,17-,18+,19+/m1/s1. The largest absolute Gasteiger partial charge is 0.388 e. The molecule has 1 saturated carbocycles. The summed E-state index contributed by atoms with van der Waals surface area (Å²) in [6.07, 6.45) is 6.14. The van der Waals surface area contributed by atoms with Gasteiger partial charge in [0, 0.05) is 6.04 Å². The quantitative estimate of drug-likeness (QED) is 0.645. The van der Waals surface area contributed by atoms with E-state index in [1.807, 2.05) is 14.1 Å². The SMILES string of the molecule is CN[C@H]1[C@H](OC2CCCCC2)OC[C@@H](O[C@H]2CC[C@H](NC)[C@@H](C)O2)[C@@H]1O. The van der Waals surface area contributed by atoms with E-state index in [9.17, 15) is 5.11 Å². The van der Waals surface area contributed by atoms with Crippen LogP contribution in [0.2, 0.25) is 0 Å². The molecule has 0 amide bonds. The molecule has 7 heteroatoms. The molecule has 3 rings (SSSR count). The molecule has 3 N–H and O–H groups in total. The molecule has 26 heavy (non-hydrogen) atoms. The third kappa shape index (κ3) is 4.95. The Hall–Kier alpha value is -0.280. The fourth-order valence-electron chi connectivity index (χ4n) is 4.35. The Kier molecular flexibility index (Phi) is 7.69. The van der Waals surface area contributed by atoms with Gasteiger partial charge in [0.25, 0.3) is 0 Å². The van der Waals surface area contributed by atoms with Gasteiger partial charge in [-0.1, -0.05) is 19.3 Å². The number of aliphatic hydroxyl groups excluding tert-OH is 1. The fraction of sp³-hybridized carbons (Fsp3) is 1.00. The maximum atomic E-state index is 10.8. The highest BCUT2D eigenvalue weighted by atomic mass is 16.7. The number of rotatable bonds is 6. The molecule has 0 unspecified atom stereocenters. The van der Waals surface area contributed by atoms with Gasteiger partial charge in [-0.25, -0.2) is 0 Å². The first-order valence-electron chi connectivity index (χ1n) is 10.2. The lowest BCUT2D eigenvalue weighted by atomic mass is 9.97. The van der Waals surface area contributed by atoms with Crippen molar-refractivity contribution >= 4 is 0 Å². The molecule has 0 aromatic heterocycles. The first-order chi connectivity index (χ1) is 12.6. The Bertz CT molecular complexity index is 421. The highest BCUT2D eigenvalue weighted by Crippen LogP contribution is 2.28. The minimum atomic E-state index is -0.691. The Labute approximate surface area is 157 Å². The van der Waals surface area contributed by atoms with E-state index in [2.05, 4.69) is 17.6 Å². The average Bonchev–Trinajstić information content (AvgIpc) is 2.65. The number of aliphatic hydroxyl groups is 1. The summed E-state index contributed by atoms with van der Waals surface area (Å²) in [4.78, 5) is 0. The number of hydrogen-bond donors (Lipinski definition) is 3. The van der Waals surface area contributed by atoms with Crippen molar-refractivity contribution in [2.45, 2.75) is 101 Å². The van der Waals surface area contributed by atoms with E-state index in [4.69, 9.17) is 18.9 Å². The summed E-state index contributed by atoms with van der Waals surface area (Å²) < 4.78 is 24.1. The zero-order valence-electron chi connectivity index (χ0n) is 16.4. The Balaban J connectivity index is 1.51. The van der Waals surface area contributed by atoms with Crippen molar-refractivity contribution in [1.82, 2.24) is 10.6 Å². The maximum Gasteiger partial charge on any atom is 0.175 e. The van der Waals surface area contributed by atoms with E-state index in [1.54, 1.807) is 0 Å². The average molecular weight is 373 g/mol. The van der Waals surface area contributed by atoms with Crippen molar-refractivity contribution in [2.24, 2.45) is 0 Å². The first-order valence-corrected chi connectivity index (χ1v) is 10.2. The molecule has 0 aromatic carbocycles. The van der Waals surface area contributed by atoms with E-state index in [1.165, 1.54) is 19.3 Å². The van der Waals surface area contributed by atoms with E-state index in [-0.39, 0.29) is 24.5 Å². The summed E-state index contributed by atoms with van der Waals surface area (Å²) >= 11 is 0. The van der Waals surface area contributed by atoms with Crippen LogP contribution in [0, 0.1) is 0 Å². The first kappa shape index (κ1) is 20.5. The molecule has 0 spiro atoms. The molecule has 7 atom stereocenters. The van der Waals surface area contributed by atoms with Gasteiger partial charge >= 0.3 is 0 Å². The second-order valence-electron chi connectivity index (χ2n) is 7.82. The van der Waals surface area contributed by atoms with Crippen LogP contribution in [0.25, 0.3) is 0 Å². The number of hydrogen-bond acceptors (Lipinski definition) is 7. The minimum absolute atomic E-state index is 0.0860. The Morgan fingerprint density at radius 3 is 2.38 bits per heavy atom. The maximum absolute atomic E-state index is 10.8. The minimum Gasteiger partial charge on any atom is -0.388 e. The van der Waals surface area contributed by atoms with E-state index < -0.39 is 18.5 Å². The Morgan fingerprint density at radius 2 is 1.73 bits per heavy atom. The van der Waals surface area contributed by atoms with Gasteiger partial charge in [-0.15, -0.1) is 0 Å². The molecule has 2 saturated heterocycles. The molecule has 2 heterocycles. The zero-order valence-corrected chi connectivity index (χ0v) is 16.4. The highest BCUT2D eigenvalue weighted by Gasteiger charge is 2.42. The van der Waals surface area contributed by atoms with Crippen LogP contribution in [0.5, 0.6) is 0 Å². The van der Waals surface area contributed by atoms with Crippen LogP contribution in [0.15, 0.2) is 0 Å². The monoisotopic (exact) mass is 372 g/mol. The third-order valence-electron chi connectivity index (χ3n) is 6.02. The summed E-state index contributed by atoms with van der Waals surface area (Å²) in [5.74, 6) is 0. The van der Waals surface area contributed by atoms with Crippen molar-refractivity contribution in [1.29, 1.82) is 0 Å². The van der Waals surface area contributed by atoms with Crippen molar-refractivity contribution < 1.29 is 24.1 Å². The van der Waals surface area contributed by atoms with Crippen LogP contribution >= 0.6 is 0 Å². The number of likely N-dealkylation sites (N-methyl/N-ethyl adjacent to an activating group) is 2. The van der Waals surface area contributed by atoms with Gasteiger partial charge in [-0.05, 0) is 46.7 Å². The van der Waals surface area contributed by atoms with Crippen LogP contribution in [0.3, 0.4) is 0 Å². The summed E-state index contributed by atoms with van der Waals surface area (Å²) in [7, 11) is 3.78. The predicted octanol–water partition coefficient (Wildman–Crippen LogP) is 1.14. The molecule has 1 aliphatic carbocycles. The summed E-state index contributed by atoms with van der Waals surface area (Å²) in [5.41, 5.74) is 0. The smallest absolute Gasteiger partial charge is 0.175 e. The summed E-state index contributed by atoms with van der Waals surface area (Å²) in [5, 5.41) is 17.2. The van der Waals surface area contributed by atoms with Gasteiger partial charge in [0.05, 0.1) is 24.9 Å². The Morgan fingerprint density at radius 1 is 0.962 bits per heavy atom. The topological polar surface area (TPSA) is 81.2 Å². The van der Waals surface area contributed by atoms with Gasteiger partial charge in [-0.3, -0.25) is 0 Å². The van der Waals surface area contributed by atoms with E-state index in [0.29, 0.717) is 12.6 Å².